The molecule has 0 aliphatic rings. The molecule has 0 aromatic heterocycles. The van der Waals surface area contributed by atoms with Crippen LogP contribution in [-0.4, -0.2) is 41.8 Å². The second kappa shape index (κ2) is 11.8. The highest BCUT2D eigenvalue weighted by molar-refractivity contribution is 7.85. The van der Waals surface area contributed by atoms with Crippen LogP contribution in [0.25, 0.3) is 0 Å². The third-order valence-corrected chi connectivity index (χ3v) is 5.37. The maximum atomic E-state index is 11.2. The van der Waals surface area contributed by atoms with E-state index in [2.05, 4.69) is 0 Å². The molecule has 1 unspecified atom stereocenters. The Kier molecular flexibility index (Phi) is 10.0. The third kappa shape index (κ3) is 7.83. The van der Waals surface area contributed by atoms with Crippen LogP contribution < -0.4 is 5.73 Å². The van der Waals surface area contributed by atoms with Crippen molar-refractivity contribution in [1.29, 1.82) is 0 Å². The molecule has 0 amide bonds. The summed E-state index contributed by atoms with van der Waals surface area (Å²) in [5.41, 5.74) is 6.34. The molecule has 12 nitrogen and oxygen atoms in total. The van der Waals surface area contributed by atoms with Crippen molar-refractivity contribution in [3.8, 4) is 0 Å². The van der Waals surface area contributed by atoms with Gasteiger partial charge in [0, 0.05) is 19.3 Å². The van der Waals surface area contributed by atoms with Gasteiger partial charge in [-0.2, -0.15) is 8.42 Å². The van der Waals surface area contributed by atoms with Crippen molar-refractivity contribution in [2.24, 2.45) is 5.73 Å². The van der Waals surface area contributed by atoms with Gasteiger partial charge >= 0.3 is 0 Å². The van der Waals surface area contributed by atoms with Gasteiger partial charge in [-0.3, -0.25) is 24.8 Å². The van der Waals surface area contributed by atoms with E-state index in [-0.39, 0.29) is 16.1 Å². The molecule has 0 aliphatic carbocycles. The third-order valence-electron chi connectivity index (χ3n) is 4.50. The highest BCUT2D eigenvalue weighted by atomic mass is 32.2. The minimum atomic E-state index is -4.02. The zero-order valence-electron chi connectivity index (χ0n) is 18.6. The van der Waals surface area contributed by atoms with Gasteiger partial charge in [0.1, 0.15) is 0 Å². The summed E-state index contributed by atoms with van der Waals surface area (Å²) in [5.74, 6) is -1.27. The molecule has 0 fully saturated rings. The van der Waals surface area contributed by atoms with Crippen molar-refractivity contribution in [2.45, 2.75) is 44.4 Å². The Bertz CT molecular complexity index is 1070. The fourth-order valence-electron chi connectivity index (χ4n) is 2.85. The van der Waals surface area contributed by atoms with E-state index in [1.54, 1.807) is 32.9 Å². The molecule has 1 atom stereocenters. The molecule has 0 saturated heterocycles. The highest BCUT2D eigenvalue weighted by Gasteiger charge is 2.38. The molecular weight excluding hydrogens is 458 g/mol. The first-order valence-corrected chi connectivity index (χ1v) is 11.2. The second-order valence-corrected chi connectivity index (χ2v) is 8.33. The summed E-state index contributed by atoms with van der Waals surface area (Å²) in [6.07, 6.45) is 0. The van der Waals surface area contributed by atoms with Crippen molar-refractivity contribution in [3.05, 3.63) is 73.8 Å². The standard InChI is InChI=1S/C13H19N3O6.C7H8O3S/c1-4-21-13(3,22-5-2)12(14)10-7-6-9(15(17)18)8-11(10)16(19)20;1-6-2-4-7(5-3-6)11(8,9)10/h6-8,12H,4-5,14H2,1-3H3;2-5H,1H3,(H,8,9,10). The predicted octanol–water partition coefficient (Wildman–Crippen LogP) is 3.53. The van der Waals surface area contributed by atoms with Crippen molar-refractivity contribution >= 4 is 21.5 Å². The lowest BCUT2D eigenvalue weighted by molar-refractivity contribution is -0.395. The number of rotatable bonds is 9. The number of nitrogens with two attached hydrogens (primary N) is 1. The van der Waals surface area contributed by atoms with Gasteiger partial charge in [0.2, 0.25) is 0 Å². The molecule has 0 aliphatic heterocycles. The first-order valence-electron chi connectivity index (χ1n) is 9.77. The summed E-state index contributed by atoms with van der Waals surface area (Å²) in [7, 11) is -4.02. The minimum absolute atomic E-state index is 0.0666. The molecular formula is C20H27N3O9S. The predicted molar refractivity (Wildman–Crippen MR) is 119 cm³/mol. The SMILES string of the molecule is CCOC(C)(OCC)C(N)c1ccc([N+](=O)[O-])cc1[N+](=O)[O-].Cc1ccc(S(=O)(=O)O)cc1. The van der Waals surface area contributed by atoms with Gasteiger partial charge in [0.15, 0.2) is 5.79 Å². The first-order chi connectivity index (χ1) is 15.3. The van der Waals surface area contributed by atoms with Crippen molar-refractivity contribution < 1.29 is 32.3 Å². The van der Waals surface area contributed by atoms with Gasteiger partial charge in [-0.15, -0.1) is 0 Å². The number of hydrogen-bond acceptors (Lipinski definition) is 9. The fraction of sp³-hybridized carbons (Fsp3) is 0.400. The van der Waals surface area contributed by atoms with Gasteiger partial charge in [0.25, 0.3) is 21.5 Å². The lowest BCUT2D eigenvalue weighted by Gasteiger charge is -2.34. The zero-order valence-corrected chi connectivity index (χ0v) is 19.4. The van der Waals surface area contributed by atoms with E-state index >= 15 is 0 Å². The van der Waals surface area contributed by atoms with Crippen LogP contribution in [0.15, 0.2) is 47.4 Å². The average molecular weight is 486 g/mol. The molecule has 2 aromatic carbocycles. The lowest BCUT2D eigenvalue weighted by atomic mass is 9.98. The van der Waals surface area contributed by atoms with E-state index in [1.807, 2.05) is 6.92 Å². The Hall–Kier alpha value is -2.97. The van der Waals surface area contributed by atoms with Crippen molar-refractivity contribution in [2.75, 3.05) is 13.2 Å². The number of aryl methyl sites for hydroxylation is 1. The molecule has 0 heterocycles. The van der Waals surface area contributed by atoms with E-state index in [9.17, 15) is 28.6 Å². The van der Waals surface area contributed by atoms with Crippen LogP contribution in [0.4, 0.5) is 11.4 Å². The molecule has 33 heavy (non-hydrogen) atoms. The van der Waals surface area contributed by atoms with Gasteiger partial charge < -0.3 is 15.2 Å². The van der Waals surface area contributed by atoms with Crippen molar-refractivity contribution in [3.63, 3.8) is 0 Å². The Morgan fingerprint density at radius 2 is 1.55 bits per heavy atom. The normalized spacial score (nSPS) is 12.4. The molecule has 2 aromatic rings. The molecule has 2 rings (SSSR count). The van der Waals surface area contributed by atoms with Crippen LogP contribution in [-0.2, 0) is 19.6 Å². The number of nitro benzene ring substituents is 2. The summed E-state index contributed by atoms with van der Waals surface area (Å²) in [4.78, 5) is 20.5. The van der Waals surface area contributed by atoms with Crippen LogP contribution >= 0.6 is 0 Å². The molecule has 182 valence electrons. The minimum Gasteiger partial charge on any atom is -0.349 e. The highest BCUT2D eigenvalue weighted by Crippen LogP contribution is 2.35. The van der Waals surface area contributed by atoms with Crippen LogP contribution in [0, 0.1) is 27.2 Å². The number of non-ortho nitro benzene ring substituents is 1. The Balaban J connectivity index is 0.000000412. The quantitative estimate of drug-likeness (QED) is 0.230. The summed E-state index contributed by atoms with van der Waals surface area (Å²) in [5, 5.41) is 22.0. The maximum Gasteiger partial charge on any atom is 0.294 e. The van der Waals surface area contributed by atoms with Gasteiger partial charge in [-0.25, -0.2) is 0 Å². The molecule has 0 bridgehead atoms. The largest absolute Gasteiger partial charge is 0.349 e. The van der Waals surface area contributed by atoms with Gasteiger partial charge in [-0.05, 0) is 45.9 Å². The van der Waals surface area contributed by atoms with E-state index in [4.69, 9.17) is 19.8 Å². The molecule has 0 radical (unpaired) electrons. The van der Waals surface area contributed by atoms with Gasteiger partial charge in [-0.1, -0.05) is 17.7 Å². The molecule has 0 saturated carbocycles. The van der Waals surface area contributed by atoms with Crippen LogP contribution in [0.5, 0.6) is 0 Å². The molecule has 0 spiro atoms. The number of hydrogen-bond donors (Lipinski definition) is 2. The summed E-state index contributed by atoms with van der Waals surface area (Å²) in [6, 6.07) is 8.32. The molecule has 3 N–H and O–H groups in total. The summed E-state index contributed by atoms with van der Waals surface area (Å²) < 4.78 is 40.5. The average Bonchev–Trinajstić information content (AvgIpc) is 2.73. The van der Waals surface area contributed by atoms with Crippen molar-refractivity contribution in [1.82, 2.24) is 0 Å². The number of nitrogens with zero attached hydrogens (tertiary/aromatic N) is 2. The summed E-state index contributed by atoms with van der Waals surface area (Å²) >= 11 is 0. The number of benzene rings is 2. The summed E-state index contributed by atoms with van der Waals surface area (Å²) in [6.45, 7) is 7.50. The number of ether oxygens (including phenoxy) is 2. The van der Waals surface area contributed by atoms with Crippen LogP contribution in [0.1, 0.15) is 37.9 Å². The Labute approximate surface area is 191 Å². The van der Waals surface area contributed by atoms with E-state index in [0.717, 1.165) is 11.6 Å². The lowest BCUT2D eigenvalue weighted by Crippen LogP contribution is -2.44. The Morgan fingerprint density at radius 1 is 1.03 bits per heavy atom. The Morgan fingerprint density at radius 3 is 1.94 bits per heavy atom. The van der Waals surface area contributed by atoms with E-state index < -0.39 is 37.5 Å². The van der Waals surface area contributed by atoms with Crippen LogP contribution in [0.2, 0.25) is 0 Å². The van der Waals surface area contributed by atoms with Crippen LogP contribution in [0.3, 0.4) is 0 Å². The maximum absolute atomic E-state index is 11.2. The zero-order chi connectivity index (χ0) is 25.4. The first kappa shape index (κ1) is 28.1. The monoisotopic (exact) mass is 485 g/mol. The van der Waals surface area contributed by atoms with E-state index in [0.29, 0.717) is 13.2 Å². The molecule has 13 heteroatoms. The van der Waals surface area contributed by atoms with Gasteiger partial charge in [0.05, 0.1) is 32.4 Å². The second-order valence-electron chi connectivity index (χ2n) is 6.91. The number of nitro groups is 2. The smallest absolute Gasteiger partial charge is 0.294 e. The topological polar surface area (TPSA) is 185 Å². The van der Waals surface area contributed by atoms with E-state index in [1.165, 1.54) is 24.3 Å². The fourth-order valence-corrected chi connectivity index (χ4v) is 3.33.